The van der Waals surface area contributed by atoms with Crippen LogP contribution in [0.5, 0.6) is 0 Å². The zero-order chi connectivity index (χ0) is 9.84. The number of carbonyl (C=O) groups is 1. The number of primary amides is 1. The molecule has 0 aliphatic rings. The van der Waals surface area contributed by atoms with E-state index >= 15 is 0 Å². The summed E-state index contributed by atoms with van der Waals surface area (Å²) < 4.78 is 0. The molecule has 0 atom stereocenters. The number of nitrogens with one attached hydrogen (secondary N) is 1. The lowest BCUT2D eigenvalue weighted by Gasteiger charge is -1.98. The number of H-pyrrole nitrogens is 1. The van der Waals surface area contributed by atoms with Crippen LogP contribution in [0.3, 0.4) is 0 Å². The minimum absolute atomic E-state index is 0.0694. The third-order valence-electron chi connectivity index (χ3n) is 1.49. The van der Waals surface area contributed by atoms with Crippen LogP contribution >= 0.6 is 0 Å². The van der Waals surface area contributed by atoms with Crippen LogP contribution in [0.2, 0.25) is 0 Å². The normalized spacial score (nSPS) is 9.92. The lowest BCUT2D eigenvalue weighted by Crippen LogP contribution is -2.22. The first-order chi connectivity index (χ1) is 6.13. The first kappa shape index (κ1) is 9.40. The van der Waals surface area contributed by atoms with Crippen molar-refractivity contribution in [3.8, 4) is 0 Å². The van der Waals surface area contributed by atoms with Gasteiger partial charge in [-0.05, 0) is 0 Å². The molecule has 6 heteroatoms. The van der Waals surface area contributed by atoms with E-state index in [1.165, 1.54) is 6.20 Å². The molecule has 1 amide bonds. The summed E-state index contributed by atoms with van der Waals surface area (Å²) in [6.07, 6.45) is 1.27. The lowest BCUT2D eigenvalue weighted by molar-refractivity contribution is -0.117. The third-order valence-corrected chi connectivity index (χ3v) is 1.49. The van der Waals surface area contributed by atoms with Crippen LogP contribution < -0.4 is 17.0 Å². The highest BCUT2D eigenvalue weighted by Gasteiger charge is 2.03. The van der Waals surface area contributed by atoms with Crippen molar-refractivity contribution in [1.82, 2.24) is 9.97 Å². The van der Waals surface area contributed by atoms with Crippen LogP contribution in [0.15, 0.2) is 11.0 Å². The van der Waals surface area contributed by atoms with Crippen LogP contribution in [-0.2, 0) is 17.8 Å². The van der Waals surface area contributed by atoms with E-state index in [-0.39, 0.29) is 24.3 Å². The maximum atomic E-state index is 11.1. The molecule has 1 aromatic rings. The van der Waals surface area contributed by atoms with E-state index in [2.05, 4.69) is 9.97 Å². The van der Waals surface area contributed by atoms with Crippen molar-refractivity contribution in [2.75, 3.05) is 0 Å². The molecule has 1 aromatic heterocycles. The Bertz CT molecular complexity index is 371. The van der Waals surface area contributed by atoms with E-state index in [1.54, 1.807) is 0 Å². The second-order valence-electron chi connectivity index (χ2n) is 2.53. The van der Waals surface area contributed by atoms with Crippen LogP contribution in [0, 0.1) is 0 Å². The van der Waals surface area contributed by atoms with Crippen molar-refractivity contribution in [2.45, 2.75) is 13.0 Å². The summed E-state index contributed by atoms with van der Waals surface area (Å²) in [5.41, 5.74) is 10.2. The average molecular weight is 182 g/mol. The van der Waals surface area contributed by atoms with Gasteiger partial charge in [0.25, 0.3) is 5.56 Å². The molecular weight excluding hydrogens is 172 g/mol. The predicted octanol–water partition coefficient (Wildman–Crippen LogP) is -1.74. The largest absolute Gasteiger partial charge is 0.369 e. The number of aromatic amines is 1. The summed E-state index contributed by atoms with van der Waals surface area (Å²) in [4.78, 5) is 27.8. The van der Waals surface area contributed by atoms with Gasteiger partial charge >= 0.3 is 0 Å². The molecule has 0 aliphatic heterocycles. The van der Waals surface area contributed by atoms with E-state index in [0.29, 0.717) is 5.56 Å². The maximum Gasteiger partial charge on any atom is 0.255 e. The highest BCUT2D eigenvalue weighted by atomic mass is 16.1. The Kier molecular flexibility index (Phi) is 2.76. The molecule has 70 valence electrons. The molecule has 0 spiro atoms. The van der Waals surface area contributed by atoms with Gasteiger partial charge < -0.3 is 16.5 Å². The maximum absolute atomic E-state index is 11.1. The monoisotopic (exact) mass is 182 g/mol. The first-order valence-electron chi connectivity index (χ1n) is 3.69. The first-order valence-corrected chi connectivity index (χ1v) is 3.69. The minimum atomic E-state index is -0.538. The standard InChI is InChI=1S/C7H10N4O2/c8-2-4-3-10-6(1-5(9)12)11-7(4)13/h3H,1-2,8H2,(H2,9,12)(H,10,11,13). The Hall–Kier alpha value is -1.69. The number of carbonyl (C=O) groups excluding carboxylic acids is 1. The fourth-order valence-electron chi connectivity index (χ4n) is 0.858. The molecule has 0 saturated heterocycles. The Labute approximate surface area is 74.0 Å². The molecule has 5 N–H and O–H groups in total. The number of aromatic nitrogens is 2. The predicted molar refractivity (Wildman–Crippen MR) is 45.6 cm³/mol. The fourth-order valence-corrected chi connectivity index (χ4v) is 0.858. The Morgan fingerprint density at radius 2 is 2.31 bits per heavy atom. The number of amides is 1. The zero-order valence-corrected chi connectivity index (χ0v) is 6.91. The SMILES string of the molecule is NCc1cnc(CC(N)=O)[nH]c1=O. The van der Waals surface area contributed by atoms with Crippen LogP contribution in [0.4, 0.5) is 0 Å². The van der Waals surface area contributed by atoms with Gasteiger partial charge in [-0.15, -0.1) is 0 Å². The molecule has 0 aromatic carbocycles. The number of hydrogen-bond donors (Lipinski definition) is 3. The molecule has 1 heterocycles. The highest BCUT2D eigenvalue weighted by Crippen LogP contribution is 1.89. The van der Waals surface area contributed by atoms with Crippen LogP contribution in [0.25, 0.3) is 0 Å². The number of nitrogens with two attached hydrogens (primary N) is 2. The minimum Gasteiger partial charge on any atom is -0.369 e. The third kappa shape index (κ3) is 2.38. The molecule has 13 heavy (non-hydrogen) atoms. The van der Waals surface area contributed by atoms with Crippen molar-refractivity contribution in [3.63, 3.8) is 0 Å². The van der Waals surface area contributed by atoms with Gasteiger partial charge in [-0.1, -0.05) is 0 Å². The lowest BCUT2D eigenvalue weighted by atomic mass is 10.3. The summed E-state index contributed by atoms with van der Waals surface area (Å²) in [5.74, 6) is -0.279. The molecular formula is C7H10N4O2. The number of rotatable bonds is 3. The molecule has 0 bridgehead atoms. The van der Waals surface area contributed by atoms with Crippen molar-refractivity contribution in [1.29, 1.82) is 0 Å². The van der Waals surface area contributed by atoms with Gasteiger partial charge in [0.1, 0.15) is 5.82 Å². The summed E-state index contributed by atoms with van der Waals surface area (Å²) in [7, 11) is 0. The summed E-state index contributed by atoms with van der Waals surface area (Å²) >= 11 is 0. The molecule has 6 nitrogen and oxygen atoms in total. The Morgan fingerprint density at radius 1 is 1.62 bits per heavy atom. The van der Waals surface area contributed by atoms with Crippen LogP contribution in [0.1, 0.15) is 11.4 Å². The topological polar surface area (TPSA) is 115 Å². The number of hydrogen-bond acceptors (Lipinski definition) is 4. The summed E-state index contributed by atoms with van der Waals surface area (Å²) in [5, 5.41) is 0. The molecule has 0 fully saturated rings. The van der Waals surface area contributed by atoms with E-state index in [9.17, 15) is 9.59 Å². The van der Waals surface area contributed by atoms with E-state index in [0.717, 1.165) is 0 Å². The van der Waals surface area contributed by atoms with Gasteiger partial charge in [0.15, 0.2) is 0 Å². The Morgan fingerprint density at radius 3 is 2.77 bits per heavy atom. The van der Waals surface area contributed by atoms with Gasteiger partial charge in [-0.2, -0.15) is 0 Å². The second kappa shape index (κ2) is 3.81. The van der Waals surface area contributed by atoms with Crippen LogP contribution in [-0.4, -0.2) is 15.9 Å². The molecule has 1 rings (SSSR count). The quantitative estimate of drug-likeness (QED) is 0.514. The zero-order valence-electron chi connectivity index (χ0n) is 6.91. The smallest absolute Gasteiger partial charge is 0.255 e. The van der Waals surface area contributed by atoms with Crippen molar-refractivity contribution in [3.05, 3.63) is 27.9 Å². The van der Waals surface area contributed by atoms with E-state index in [4.69, 9.17) is 11.5 Å². The summed E-state index contributed by atoms with van der Waals surface area (Å²) in [6, 6.07) is 0. The Balaban J connectivity index is 2.96. The molecule has 0 radical (unpaired) electrons. The van der Waals surface area contributed by atoms with Gasteiger partial charge in [0.05, 0.1) is 6.42 Å². The molecule has 0 saturated carbocycles. The molecule has 0 unspecified atom stereocenters. The average Bonchev–Trinajstić information content (AvgIpc) is 2.03. The van der Waals surface area contributed by atoms with E-state index in [1.807, 2.05) is 0 Å². The second-order valence-corrected chi connectivity index (χ2v) is 2.53. The van der Waals surface area contributed by atoms with Gasteiger partial charge in [0, 0.05) is 18.3 Å². The molecule has 0 aliphatic carbocycles. The van der Waals surface area contributed by atoms with Gasteiger partial charge in [-0.25, -0.2) is 4.98 Å². The van der Waals surface area contributed by atoms with Gasteiger partial charge in [0.2, 0.25) is 5.91 Å². The fraction of sp³-hybridized carbons (Fsp3) is 0.286. The highest BCUT2D eigenvalue weighted by molar-refractivity contribution is 5.75. The number of nitrogens with zero attached hydrogens (tertiary/aromatic N) is 1. The van der Waals surface area contributed by atoms with Crippen molar-refractivity contribution >= 4 is 5.91 Å². The van der Waals surface area contributed by atoms with E-state index < -0.39 is 5.91 Å². The van der Waals surface area contributed by atoms with Gasteiger partial charge in [-0.3, -0.25) is 9.59 Å². The van der Waals surface area contributed by atoms with Crippen molar-refractivity contribution < 1.29 is 4.79 Å². The van der Waals surface area contributed by atoms with Crippen molar-refractivity contribution in [2.24, 2.45) is 11.5 Å². The summed E-state index contributed by atoms with van der Waals surface area (Å²) in [6.45, 7) is 0.124.